The first-order chi connectivity index (χ1) is 21.1. The minimum Gasteiger partial charge on any atom is -0.366 e. The molecule has 2 aliphatic rings. The molecule has 6 rings (SSSR count). The Balaban J connectivity index is 1.14. The summed E-state index contributed by atoms with van der Waals surface area (Å²) in [5.74, 6) is -0.111. The molecule has 230 valence electrons. The third-order valence-electron chi connectivity index (χ3n) is 7.96. The number of hydrogen-bond acceptors (Lipinski definition) is 8. The molecule has 2 aromatic heterocycles. The molecule has 13 heteroatoms. The van der Waals surface area contributed by atoms with Crippen LogP contribution in [0.15, 0.2) is 61.2 Å². The zero-order valence-corrected chi connectivity index (χ0v) is 24.6. The molecule has 4 aromatic rings. The molecule has 1 amide bonds. The zero-order chi connectivity index (χ0) is 30.8. The second kappa shape index (κ2) is 12.2. The van der Waals surface area contributed by atoms with Crippen molar-refractivity contribution in [2.45, 2.75) is 25.7 Å². The molecule has 0 aliphatic carbocycles. The van der Waals surface area contributed by atoms with E-state index in [0.29, 0.717) is 30.3 Å². The SMILES string of the molecule is CN1CCN(Cc2cc(C(=O)Nc3ccc4c(c3)N(Cc3cnc(Nc5cnn(C)c5)nc3)CC4)cc(C(F)(F)F)c2)CC1. The van der Waals surface area contributed by atoms with Crippen molar-refractivity contribution in [1.29, 1.82) is 0 Å². The third-order valence-corrected chi connectivity index (χ3v) is 7.96. The lowest BCUT2D eigenvalue weighted by atomic mass is 10.0. The number of fused-ring (bicyclic) bond motifs is 1. The summed E-state index contributed by atoms with van der Waals surface area (Å²) in [6, 6.07) is 9.25. The number of alkyl halides is 3. The van der Waals surface area contributed by atoms with Crippen LogP contribution in [0.2, 0.25) is 0 Å². The first-order valence-corrected chi connectivity index (χ1v) is 14.5. The monoisotopic (exact) mass is 605 g/mol. The van der Waals surface area contributed by atoms with E-state index < -0.39 is 17.6 Å². The minimum absolute atomic E-state index is 0.0153. The molecule has 10 nitrogen and oxygen atoms in total. The highest BCUT2D eigenvalue weighted by molar-refractivity contribution is 6.04. The molecule has 0 bridgehead atoms. The Morgan fingerprint density at radius 2 is 1.66 bits per heavy atom. The lowest BCUT2D eigenvalue weighted by Crippen LogP contribution is -2.43. The molecular formula is C31H34F3N9O. The summed E-state index contributed by atoms with van der Waals surface area (Å²) < 4.78 is 43.0. The second-order valence-corrected chi connectivity index (χ2v) is 11.4. The molecule has 2 aromatic carbocycles. The number of nitrogens with one attached hydrogen (secondary N) is 2. The largest absolute Gasteiger partial charge is 0.416 e. The number of halogens is 3. The van der Waals surface area contributed by atoms with Gasteiger partial charge in [0.1, 0.15) is 0 Å². The fourth-order valence-electron chi connectivity index (χ4n) is 5.57. The molecule has 1 fully saturated rings. The lowest BCUT2D eigenvalue weighted by molar-refractivity contribution is -0.137. The van der Waals surface area contributed by atoms with E-state index in [4.69, 9.17) is 0 Å². The van der Waals surface area contributed by atoms with E-state index in [1.54, 1.807) is 35.4 Å². The number of rotatable bonds is 8. The average molecular weight is 606 g/mol. The van der Waals surface area contributed by atoms with Crippen molar-refractivity contribution in [2.75, 3.05) is 55.3 Å². The van der Waals surface area contributed by atoms with Crippen LogP contribution in [0.4, 0.5) is 36.2 Å². The van der Waals surface area contributed by atoms with Crippen LogP contribution in [0.25, 0.3) is 0 Å². The Morgan fingerprint density at radius 3 is 2.36 bits per heavy atom. The first-order valence-electron chi connectivity index (χ1n) is 14.5. The van der Waals surface area contributed by atoms with Crippen LogP contribution in [0, 0.1) is 0 Å². The Hall–Kier alpha value is -4.49. The number of likely N-dealkylation sites (N-methyl/N-ethyl adjacent to an activating group) is 1. The van der Waals surface area contributed by atoms with E-state index in [0.717, 1.165) is 73.8 Å². The van der Waals surface area contributed by atoms with Gasteiger partial charge in [0.2, 0.25) is 5.95 Å². The summed E-state index contributed by atoms with van der Waals surface area (Å²) >= 11 is 0. The van der Waals surface area contributed by atoms with Crippen LogP contribution in [-0.2, 0) is 32.7 Å². The third kappa shape index (κ3) is 7.00. The van der Waals surface area contributed by atoms with E-state index in [2.05, 4.69) is 40.4 Å². The molecule has 44 heavy (non-hydrogen) atoms. The summed E-state index contributed by atoms with van der Waals surface area (Å²) in [6.07, 6.45) is 3.34. The summed E-state index contributed by atoms with van der Waals surface area (Å²) in [4.78, 5) is 28.6. The Bertz CT molecular complexity index is 1630. The number of aromatic nitrogens is 4. The highest BCUT2D eigenvalue weighted by Gasteiger charge is 2.32. The van der Waals surface area contributed by atoms with Crippen LogP contribution in [0.5, 0.6) is 0 Å². The number of hydrogen-bond donors (Lipinski definition) is 2. The smallest absolute Gasteiger partial charge is 0.366 e. The molecule has 0 spiro atoms. The molecule has 2 N–H and O–H groups in total. The lowest BCUT2D eigenvalue weighted by Gasteiger charge is -2.32. The van der Waals surface area contributed by atoms with E-state index in [1.165, 1.54) is 0 Å². The first kappa shape index (κ1) is 29.6. The highest BCUT2D eigenvalue weighted by atomic mass is 19.4. The number of aryl methyl sites for hydroxylation is 1. The number of piperazine rings is 1. The average Bonchev–Trinajstić information content (AvgIpc) is 3.59. The maximum Gasteiger partial charge on any atom is 0.416 e. The molecule has 1 saturated heterocycles. The second-order valence-electron chi connectivity index (χ2n) is 11.4. The van der Waals surface area contributed by atoms with Crippen molar-refractivity contribution in [1.82, 2.24) is 29.5 Å². The van der Waals surface area contributed by atoms with Crippen LogP contribution in [0.3, 0.4) is 0 Å². The summed E-state index contributed by atoms with van der Waals surface area (Å²) in [6.45, 7) is 4.94. The standard InChI is InChI=1S/C31H34F3N9O/c1-40-7-9-42(10-8-40)18-21-11-24(13-25(12-21)31(32,33)34)29(44)38-26-4-3-23-5-6-43(28(23)14-26)19-22-15-35-30(36-16-22)39-27-17-37-41(2)20-27/h3-4,11-17,20H,5-10,18-19H2,1-2H3,(H,38,44)(H,35,36,39). The number of anilines is 4. The fourth-order valence-corrected chi connectivity index (χ4v) is 5.57. The minimum atomic E-state index is -4.56. The highest BCUT2D eigenvalue weighted by Crippen LogP contribution is 2.34. The van der Waals surface area contributed by atoms with Gasteiger partial charge in [0, 0.05) is 94.0 Å². The predicted molar refractivity (Wildman–Crippen MR) is 162 cm³/mol. The Kier molecular flexibility index (Phi) is 8.23. The van der Waals surface area contributed by atoms with Gasteiger partial charge in [-0.25, -0.2) is 9.97 Å². The van der Waals surface area contributed by atoms with Crippen molar-refractivity contribution in [2.24, 2.45) is 7.05 Å². The molecule has 0 atom stereocenters. The number of amides is 1. The van der Waals surface area contributed by atoms with Crippen LogP contribution in [-0.4, -0.2) is 75.2 Å². The van der Waals surface area contributed by atoms with Gasteiger partial charge in [-0.1, -0.05) is 6.07 Å². The van der Waals surface area contributed by atoms with Crippen molar-refractivity contribution >= 4 is 28.9 Å². The van der Waals surface area contributed by atoms with Crippen LogP contribution >= 0.6 is 0 Å². The van der Waals surface area contributed by atoms with Gasteiger partial charge in [-0.05, 0) is 54.9 Å². The van der Waals surface area contributed by atoms with Crippen LogP contribution < -0.4 is 15.5 Å². The summed E-state index contributed by atoms with van der Waals surface area (Å²) in [5.41, 5.74) is 3.95. The Labute approximate surface area is 253 Å². The molecule has 0 saturated carbocycles. The number of carbonyl (C=O) groups excluding carboxylic acids is 1. The van der Waals surface area contributed by atoms with Crippen molar-refractivity contribution in [3.8, 4) is 0 Å². The zero-order valence-electron chi connectivity index (χ0n) is 24.6. The van der Waals surface area contributed by atoms with E-state index >= 15 is 0 Å². The van der Waals surface area contributed by atoms with Gasteiger partial charge < -0.3 is 20.4 Å². The van der Waals surface area contributed by atoms with Gasteiger partial charge >= 0.3 is 6.18 Å². The van der Waals surface area contributed by atoms with Crippen molar-refractivity contribution < 1.29 is 18.0 Å². The van der Waals surface area contributed by atoms with Crippen LogP contribution in [0.1, 0.15) is 32.6 Å². The molecule has 2 aliphatic heterocycles. The van der Waals surface area contributed by atoms with E-state index in [-0.39, 0.29) is 5.56 Å². The van der Waals surface area contributed by atoms with Gasteiger partial charge in [0.15, 0.2) is 0 Å². The molecule has 0 radical (unpaired) electrons. The normalized spacial score (nSPS) is 15.8. The summed E-state index contributed by atoms with van der Waals surface area (Å²) in [5, 5.41) is 10.1. The topological polar surface area (TPSA) is 94.5 Å². The van der Waals surface area contributed by atoms with Gasteiger partial charge in [0.25, 0.3) is 5.91 Å². The van der Waals surface area contributed by atoms with E-state index in [1.807, 2.05) is 32.4 Å². The van der Waals surface area contributed by atoms with Gasteiger partial charge in [-0.2, -0.15) is 18.3 Å². The Morgan fingerprint density at radius 1 is 0.886 bits per heavy atom. The molecular weight excluding hydrogens is 571 g/mol. The predicted octanol–water partition coefficient (Wildman–Crippen LogP) is 4.53. The van der Waals surface area contributed by atoms with Gasteiger partial charge in [0.05, 0.1) is 17.4 Å². The quantitative estimate of drug-likeness (QED) is 0.303. The van der Waals surface area contributed by atoms with Gasteiger partial charge in [-0.15, -0.1) is 0 Å². The number of benzene rings is 2. The fraction of sp³-hybridized carbons (Fsp3) is 0.355. The number of nitrogens with zero attached hydrogens (tertiary/aromatic N) is 7. The maximum atomic E-state index is 13.8. The van der Waals surface area contributed by atoms with Crippen molar-refractivity contribution in [3.05, 3.63) is 89.0 Å². The maximum absolute atomic E-state index is 13.8. The van der Waals surface area contributed by atoms with Crippen molar-refractivity contribution in [3.63, 3.8) is 0 Å². The summed E-state index contributed by atoms with van der Waals surface area (Å²) in [7, 11) is 3.86. The van der Waals surface area contributed by atoms with E-state index in [9.17, 15) is 18.0 Å². The molecule has 4 heterocycles. The van der Waals surface area contributed by atoms with Gasteiger partial charge in [-0.3, -0.25) is 14.4 Å². The number of carbonyl (C=O) groups is 1. The molecule has 0 unspecified atom stereocenters.